The fourth-order valence-corrected chi connectivity index (χ4v) is 2.28. The summed E-state index contributed by atoms with van der Waals surface area (Å²) in [5.74, 6) is 0.535. The van der Waals surface area contributed by atoms with E-state index in [1.165, 1.54) is 24.9 Å². The molecule has 0 radical (unpaired) electrons. The van der Waals surface area contributed by atoms with Crippen LogP contribution in [0.1, 0.15) is 10.4 Å². The monoisotopic (exact) mass is 317 g/mol. The number of fused-ring (bicyclic) bond motifs is 1. The molecule has 2 heterocycles. The summed E-state index contributed by atoms with van der Waals surface area (Å²) >= 11 is 0. The van der Waals surface area contributed by atoms with E-state index in [0.29, 0.717) is 30.4 Å². The summed E-state index contributed by atoms with van der Waals surface area (Å²) in [4.78, 5) is 36.0. The molecule has 0 atom stereocenters. The first-order valence-corrected chi connectivity index (χ1v) is 6.95. The Bertz CT molecular complexity index is 897. The quantitative estimate of drug-likeness (QED) is 0.849. The molecule has 1 aliphatic heterocycles. The van der Waals surface area contributed by atoms with E-state index in [-0.39, 0.29) is 5.56 Å². The van der Waals surface area contributed by atoms with Crippen molar-refractivity contribution in [3.63, 3.8) is 0 Å². The van der Waals surface area contributed by atoms with Gasteiger partial charge in [-0.2, -0.15) is 0 Å². The summed E-state index contributed by atoms with van der Waals surface area (Å²) in [5.41, 5.74) is -0.798. The molecule has 3 rings (SSSR count). The molecule has 23 heavy (non-hydrogen) atoms. The molecule has 0 spiro atoms. The number of aryl methyl sites for hydroxylation is 1. The smallest absolute Gasteiger partial charge is 0.330 e. The molecule has 1 amide bonds. The van der Waals surface area contributed by atoms with E-state index in [2.05, 4.69) is 5.32 Å². The van der Waals surface area contributed by atoms with Gasteiger partial charge in [0, 0.05) is 32.0 Å². The number of nitrogens with one attached hydrogen (secondary N) is 1. The van der Waals surface area contributed by atoms with Crippen molar-refractivity contribution in [3.05, 3.63) is 50.8 Å². The fourth-order valence-electron chi connectivity index (χ4n) is 2.28. The maximum absolute atomic E-state index is 12.3. The molecule has 8 nitrogen and oxygen atoms in total. The van der Waals surface area contributed by atoms with Crippen molar-refractivity contribution < 1.29 is 14.3 Å². The number of benzene rings is 1. The second-order valence-corrected chi connectivity index (χ2v) is 5.11. The van der Waals surface area contributed by atoms with Crippen LogP contribution >= 0.6 is 0 Å². The number of carbonyl (C=O) groups excluding carboxylic acids is 1. The van der Waals surface area contributed by atoms with E-state index in [1.807, 2.05) is 0 Å². The first-order valence-electron chi connectivity index (χ1n) is 6.95. The molecule has 0 saturated heterocycles. The fraction of sp³-hybridized carbons (Fsp3) is 0.267. The molecule has 0 unspecified atom stereocenters. The topological polar surface area (TPSA) is 91.6 Å². The van der Waals surface area contributed by atoms with Crippen LogP contribution in [-0.4, -0.2) is 28.3 Å². The summed E-state index contributed by atoms with van der Waals surface area (Å²) in [6.07, 6.45) is 1.22. The SMILES string of the molecule is Cn1cc(C(=O)Nc2ccc3c(c2)OCCO3)c(=O)n(C)c1=O. The summed E-state index contributed by atoms with van der Waals surface area (Å²) in [6, 6.07) is 4.96. The van der Waals surface area contributed by atoms with Crippen LogP contribution < -0.4 is 26.0 Å². The zero-order chi connectivity index (χ0) is 16.6. The zero-order valence-corrected chi connectivity index (χ0v) is 12.7. The lowest BCUT2D eigenvalue weighted by atomic mass is 10.2. The Kier molecular flexibility index (Phi) is 3.65. The molecule has 1 aromatic heterocycles. The number of aromatic nitrogens is 2. The van der Waals surface area contributed by atoms with Gasteiger partial charge in [0.25, 0.3) is 11.5 Å². The van der Waals surface area contributed by atoms with Crippen LogP contribution in [0.4, 0.5) is 5.69 Å². The lowest BCUT2D eigenvalue weighted by Crippen LogP contribution is -2.40. The van der Waals surface area contributed by atoms with Crippen molar-refractivity contribution in [1.82, 2.24) is 9.13 Å². The van der Waals surface area contributed by atoms with Crippen molar-refractivity contribution in [2.75, 3.05) is 18.5 Å². The van der Waals surface area contributed by atoms with Crippen LogP contribution in [0, 0.1) is 0 Å². The van der Waals surface area contributed by atoms with Gasteiger partial charge in [-0.3, -0.25) is 14.2 Å². The Hall–Kier alpha value is -3.03. The van der Waals surface area contributed by atoms with Gasteiger partial charge in [0.1, 0.15) is 18.8 Å². The van der Waals surface area contributed by atoms with Crippen molar-refractivity contribution in [2.24, 2.45) is 14.1 Å². The van der Waals surface area contributed by atoms with Crippen LogP contribution in [0.2, 0.25) is 0 Å². The largest absolute Gasteiger partial charge is 0.486 e. The highest BCUT2D eigenvalue weighted by atomic mass is 16.6. The summed E-state index contributed by atoms with van der Waals surface area (Å²) < 4.78 is 12.9. The highest BCUT2D eigenvalue weighted by Gasteiger charge is 2.17. The molecule has 0 fully saturated rings. The summed E-state index contributed by atoms with van der Waals surface area (Å²) in [5, 5.41) is 2.62. The predicted molar refractivity (Wildman–Crippen MR) is 82.3 cm³/mol. The molecule has 2 aromatic rings. The van der Waals surface area contributed by atoms with E-state index in [4.69, 9.17) is 9.47 Å². The number of hydrogen-bond donors (Lipinski definition) is 1. The standard InChI is InChI=1S/C15H15N3O5/c1-17-8-10(14(20)18(2)15(17)21)13(19)16-9-3-4-11-12(7-9)23-6-5-22-11/h3-4,7-8H,5-6H2,1-2H3,(H,16,19). The van der Waals surface area contributed by atoms with Crippen molar-refractivity contribution in [1.29, 1.82) is 0 Å². The van der Waals surface area contributed by atoms with Gasteiger partial charge < -0.3 is 19.4 Å². The van der Waals surface area contributed by atoms with Crippen LogP contribution in [0.3, 0.4) is 0 Å². The number of rotatable bonds is 2. The molecule has 8 heteroatoms. The average molecular weight is 317 g/mol. The third-order valence-corrected chi connectivity index (χ3v) is 3.49. The van der Waals surface area contributed by atoms with Gasteiger partial charge >= 0.3 is 5.69 Å². The number of amides is 1. The third kappa shape index (κ3) is 2.70. The molecule has 1 aliphatic rings. The van der Waals surface area contributed by atoms with Gasteiger partial charge in [-0.15, -0.1) is 0 Å². The van der Waals surface area contributed by atoms with Crippen LogP contribution in [0.5, 0.6) is 11.5 Å². The van der Waals surface area contributed by atoms with E-state index in [9.17, 15) is 14.4 Å². The van der Waals surface area contributed by atoms with Gasteiger partial charge in [0.05, 0.1) is 0 Å². The van der Waals surface area contributed by atoms with Crippen molar-refractivity contribution >= 4 is 11.6 Å². The molecular weight excluding hydrogens is 302 g/mol. The maximum atomic E-state index is 12.3. The van der Waals surface area contributed by atoms with Gasteiger partial charge in [0.15, 0.2) is 11.5 Å². The summed E-state index contributed by atoms with van der Waals surface area (Å²) in [7, 11) is 2.80. The number of ether oxygens (including phenoxy) is 2. The summed E-state index contributed by atoms with van der Waals surface area (Å²) in [6.45, 7) is 0.915. The maximum Gasteiger partial charge on any atom is 0.330 e. The number of hydrogen-bond acceptors (Lipinski definition) is 5. The average Bonchev–Trinajstić information content (AvgIpc) is 2.56. The predicted octanol–water partition coefficient (Wildman–Crippen LogP) is 0.107. The Morgan fingerprint density at radius 2 is 1.83 bits per heavy atom. The first-order chi connectivity index (χ1) is 11.0. The zero-order valence-electron chi connectivity index (χ0n) is 12.7. The minimum absolute atomic E-state index is 0.121. The Labute approximate surface area is 130 Å². The van der Waals surface area contributed by atoms with Crippen LogP contribution in [-0.2, 0) is 14.1 Å². The molecule has 0 bridgehead atoms. The molecule has 1 N–H and O–H groups in total. The molecule has 1 aromatic carbocycles. The number of nitrogens with zero attached hydrogens (tertiary/aromatic N) is 2. The van der Waals surface area contributed by atoms with Crippen LogP contribution in [0.25, 0.3) is 0 Å². The number of anilines is 1. The highest BCUT2D eigenvalue weighted by Crippen LogP contribution is 2.32. The van der Waals surface area contributed by atoms with E-state index < -0.39 is 17.2 Å². The van der Waals surface area contributed by atoms with Gasteiger partial charge in [0.2, 0.25) is 0 Å². The molecular formula is C15H15N3O5. The van der Waals surface area contributed by atoms with Crippen molar-refractivity contribution in [2.45, 2.75) is 0 Å². The second kappa shape index (κ2) is 5.64. The Morgan fingerprint density at radius 1 is 1.13 bits per heavy atom. The minimum atomic E-state index is -0.650. The van der Waals surface area contributed by atoms with E-state index in [0.717, 1.165) is 4.57 Å². The lowest BCUT2D eigenvalue weighted by molar-refractivity contribution is 0.102. The first kappa shape index (κ1) is 14.9. The number of carbonyl (C=O) groups is 1. The molecule has 0 aliphatic carbocycles. The molecule has 120 valence electrons. The third-order valence-electron chi connectivity index (χ3n) is 3.49. The van der Waals surface area contributed by atoms with Gasteiger partial charge in [-0.05, 0) is 12.1 Å². The van der Waals surface area contributed by atoms with Crippen molar-refractivity contribution in [3.8, 4) is 11.5 Å². The Morgan fingerprint density at radius 3 is 2.57 bits per heavy atom. The van der Waals surface area contributed by atoms with Gasteiger partial charge in [-0.25, -0.2) is 4.79 Å². The lowest BCUT2D eigenvalue weighted by Gasteiger charge is -2.19. The van der Waals surface area contributed by atoms with E-state index >= 15 is 0 Å². The minimum Gasteiger partial charge on any atom is -0.486 e. The second-order valence-electron chi connectivity index (χ2n) is 5.11. The van der Waals surface area contributed by atoms with E-state index in [1.54, 1.807) is 18.2 Å². The normalized spacial score (nSPS) is 12.8. The highest BCUT2D eigenvalue weighted by molar-refractivity contribution is 6.04. The van der Waals surface area contributed by atoms with Gasteiger partial charge in [-0.1, -0.05) is 0 Å². The Balaban J connectivity index is 1.91. The van der Waals surface area contributed by atoms with Crippen LogP contribution in [0.15, 0.2) is 34.0 Å². The molecule has 0 saturated carbocycles.